The fourth-order valence-corrected chi connectivity index (χ4v) is 3.17. The number of nitro benzene ring substituents is 1. The Bertz CT molecular complexity index is 787. The van der Waals surface area contributed by atoms with E-state index in [-0.39, 0.29) is 16.7 Å². The Labute approximate surface area is 158 Å². The summed E-state index contributed by atoms with van der Waals surface area (Å²) in [6.07, 6.45) is 2.05. The Morgan fingerprint density at radius 3 is 2.63 bits per heavy atom. The topological polar surface area (TPSA) is 80.0 Å². The molecule has 0 atom stereocenters. The van der Waals surface area contributed by atoms with Crippen LogP contribution in [0.2, 0.25) is 0 Å². The largest absolute Gasteiger partial charge is 0.490 e. The van der Waals surface area contributed by atoms with E-state index < -0.39 is 0 Å². The first-order chi connectivity index (χ1) is 13.2. The number of likely N-dealkylation sites (tertiary alicyclic amines) is 1. The second-order valence-electron chi connectivity index (χ2n) is 6.45. The molecular formula is C20H24N4O3. The van der Waals surface area contributed by atoms with Crippen molar-refractivity contribution in [1.29, 1.82) is 0 Å². The van der Waals surface area contributed by atoms with E-state index in [1.807, 2.05) is 36.4 Å². The van der Waals surface area contributed by atoms with Gasteiger partial charge in [-0.3, -0.25) is 15.1 Å². The number of non-ortho nitro benzene ring substituents is 1. The Morgan fingerprint density at radius 1 is 1.22 bits per heavy atom. The van der Waals surface area contributed by atoms with Gasteiger partial charge in [0.2, 0.25) is 0 Å². The van der Waals surface area contributed by atoms with Gasteiger partial charge in [-0.2, -0.15) is 0 Å². The number of benzene rings is 2. The molecule has 0 radical (unpaired) electrons. The third kappa shape index (κ3) is 5.20. The van der Waals surface area contributed by atoms with Gasteiger partial charge < -0.3 is 15.0 Å². The molecule has 0 bridgehead atoms. The van der Waals surface area contributed by atoms with Gasteiger partial charge in [0.15, 0.2) is 5.96 Å². The molecule has 0 aromatic heterocycles. The summed E-state index contributed by atoms with van der Waals surface area (Å²) in [6.45, 7) is 2.20. The van der Waals surface area contributed by atoms with Crippen molar-refractivity contribution >= 4 is 11.6 Å². The first kappa shape index (κ1) is 18.7. The van der Waals surface area contributed by atoms with E-state index >= 15 is 0 Å². The molecule has 0 aliphatic carbocycles. The van der Waals surface area contributed by atoms with Crippen LogP contribution >= 0.6 is 0 Å². The van der Waals surface area contributed by atoms with Gasteiger partial charge in [-0.1, -0.05) is 30.3 Å². The fourth-order valence-electron chi connectivity index (χ4n) is 3.17. The van der Waals surface area contributed by atoms with E-state index in [1.165, 1.54) is 6.07 Å². The van der Waals surface area contributed by atoms with Crippen LogP contribution in [0.1, 0.15) is 18.4 Å². The summed E-state index contributed by atoms with van der Waals surface area (Å²) in [4.78, 5) is 17.1. The van der Waals surface area contributed by atoms with Gasteiger partial charge in [0.1, 0.15) is 11.9 Å². The van der Waals surface area contributed by atoms with Crippen molar-refractivity contribution in [3.8, 4) is 5.75 Å². The number of hydrogen-bond acceptors (Lipinski definition) is 4. The lowest BCUT2D eigenvalue weighted by atomic mass is 10.1. The zero-order valence-electron chi connectivity index (χ0n) is 15.4. The molecule has 3 rings (SSSR count). The summed E-state index contributed by atoms with van der Waals surface area (Å²) in [5.41, 5.74) is 0.954. The SMILES string of the molecule is CN=C(NCc1cccc([N+](=O)[O-])c1)N1CCC(Oc2ccccc2)CC1. The number of ether oxygens (including phenoxy) is 1. The number of nitro groups is 1. The number of nitrogens with one attached hydrogen (secondary N) is 1. The van der Waals surface area contributed by atoms with Crippen LogP contribution in [0.4, 0.5) is 5.69 Å². The van der Waals surface area contributed by atoms with Gasteiger partial charge in [-0.25, -0.2) is 0 Å². The number of para-hydroxylation sites is 1. The van der Waals surface area contributed by atoms with Gasteiger partial charge in [0, 0.05) is 51.7 Å². The predicted molar refractivity (Wildman–Crippen MR) is 105 cm³/mol. The van der Waals surface area contributed by atoms with Gasteiger partial charge in [0.25, 0.3) is 5.69 Å². The van der Waals surface area contributed by atoms with E-state index in [0.717, 1.165) is 43.2 Å². The van der Waals surface area contributed by atoms with E-state index in [9.17, 15) is 10.1 Å². The standard InChI is InChI=1S/C20H24N4O3/c1-21-20(22-15-16-6-5-7-17(14-16)24(25)26)23-12-10-19(11-13-23)27-18-8-3-2-4-9-18/h2-9,14,19H,10-13,15H2,1H3,(H,21,22). The Hall–Kier alpha value is -3.09. The molecule has 7 nitrogen and oxygen atoms in total. The number of piperidine rings is 1. The quantitative estimate of drug-likeness (QED) is 0.379. The normalized spacial score (nSPS) is 15.4. The molecule has 1 heterocycles. The molecule has 2 aromatic rings. The van der Waals surface area contributed by atoms with Crippen LogP contribution < -0.4 is 10.1 Å². The van der Waals surface area contributed by atoms with Gasteiger partial charge in [0.05, 0.1) is 4.92 Å². The van der Waals surface area contributed by atoms with E-state index in [2.05, 4.69) is 15.2 Å². The highest BCUT2D eigenvalue weighted by Gasteiger charge is 2.22. The lowest BCUT2D eigenvalue weighted by Crippen LogP contribution is -2.47. The Balaban J connectivity index is 1.50. The molecule has 7 heteroatoms. The number of aliphatic imine (C=N–C) groups is 1. The zero-order chi connectivity index (χ0) is 19.1. The van der Waals surface area contributed by atoms with Gasteiger partial charge in [-0.15, -0.1) is 0 Å². The number of rotatable bonds is 5. The van der Waals surface area contributed by atoms with Gasteiger partial charge >= 0.3 is 0 Å². The summed E-state index contributed by atoms with van der Waals surface area (Å²) < 4.78 is 6.03. The summed E-state index contributed by atoms with van der Waals surface area (Å²) >= 11 is 0. The lowest BCUT2D eigenvalue weighted by Gasteiger charge is -2.34. The molecule has 2 aromatic carbocycles. The van der Waals surface area contributed by atoms with Crippen LogP contribution in [0.3, 0.4) is 0 Å². The second kappa shape index (κ2) is 9.02. The summed E-state index contributed by atoms with van der Waals surface area (Å²) in [5, 5.41) is 14.2. The molecule has 1 saturated heterocycles. The minimum atomic E-state index is -0.379. The van der Waals surface area contributed by atoms with Crippen LogP contribution in [0.15, 0.2) is 59.6 Å². The molecule has 1 N–H and O–H groups in total. The fraction of sp³-hybridized carbons (Fsp3) is 0.350. The molecule has 142 valence electrons. The van der Waals surface area contributed by atoms with Crippen molar-refractivity contribution in [2.45, 2.75) is 25.5 Å². The molecule has 0 saturated carbocycles. The van der Waals surface area contributed by atoms with Crippen LogP contribution in [-0.4, -0.2) is 42.0 Å². The maximum Gasteiger partial charge on any atom is 0.269 e. The minimum Gasteiger partial charge on any atom is -0.490 e. The molecule has 27 heavy (non-hydrogen) atoms. The highest BCUT2D eigenvalue weighted by atomic mass is 16.6. The van der Waals surface area contributed by atoms with Crippen molar-refractivity contribution in [3.05, 3.63) is 70.3 Å². The third-order valence-corrected chi connectivity index (χ3v) is 4.57. The van der Waals surface area contributed by atoms with E-state index in [0.29, 0.717) is 6.54 Å². The average Bonchev–Trinajstić information content (AvgIpc) is 2.70. The first-order valence-corrected chi connectivity index (χ1v) is 9.06. The monoisotopic (exact) mass is 368 g/mol. The smallest absolute Gasteiger partial charge is 0.269 e. The van der Waals surface area contributed by atoms with Crippen LogP contribution in [-0.2, 0) is 6.54 Å². The number of guanidine groups is 1. The van der Waals surface area contributed by atoms with Crippen LogP contribution in [0.25, 0.3) is 0 Å². The van der Waals surface area contributed by atoms with Crippen LogP contribution in [0, 0.1) is 10.1 Å². The lowest BCUT2D eigenvalue weighted by molar-refractivity contribution is -0.384. The highest BCUT2D eigenvalue weighted by Crippen LogP contribution is 2.19. The molecule has 1 aliphatic heterocycles. The van der Waals surface area contributed by atoms with Crippen molar-refractivity contribution in [2.75, 3.05) is 20.1 Å². The van der Waals surface area contributed by atoms with Crippen molar-refractivity contribution in [3.63, 3.8) is 0 Å². The molecular weight excluding hydrogens is 344 g/mol. The molecule has 0 amide bonds. The van der Waals surface area contributed by atoms with Gasteiger partial charge in [-0.05, 0) is 17.7 Å². The maximum absolute atomic E-state index is 10.9. The third-order valence-electron chi connectivity index (χ3n) is 4.57. The first-order valence-electron chi connectivity index (χ1n) is 9.06. The number of nitrogens with zero attached hydrogens (tertiary/aromatic N) is 3. The molecule has 1 fully saturated rings. The summed E-state index contributed by atoms with van der Waals surface area (Å²) in [7, 11) is 1.75. The Morgan fingerprint density at radius 2 is 1.96 bits per heavy atom. The van der Waals surface area contributed by atoms with Crippen molar-refractivity contribution in [1.82, 2.24) is 10.2 Å². The molecule has 1 aliphatic rings. The van der Waals surface area contributed by atoms with E-state index in [1.54, 1.807) is 19.2 Å². The van der Waals surface area contributed by atoms with Crippen molar-refractivity contribution in [2.24, 2.45) is 4.99 Å². The zero-order valence-corrected chi connectivity index (χ0v) is 15.4. The van der Waals surface area contributed by atoms with Crippen LogP contribution in [0.5, 0.6) is 5.75 Å². The van der Waals surface area contributed by atoms with Crippen molar-refractivity contribution < 1.29 is 9.66 Å². The highest BCUT2D eigenvalue weighted by molar-refractivity contribution is 5.80. The number of hydrogen-bond donors (Lipinski definition) is 1. The minimum absolute atomic E-state index is 0.100. The summed E-state index contributed by atoms with van der Waals surface area (Å²) in [6, 6.07) is 16.5. The van der Waals surface area contributed by atoms with E-state index in [4.69, 9.17) is 4.74 Å². The predicted octanol–water partition coefficient (Wildman–Crippen LogP) is 3.21. The summed E-state index contributed by atoms with van der Waals surface area (Å²) in [5.74, 6) is 1.71. The average molecular weight is 368 g/mol. The maximum atomic E-state index is 10.9. The molecule has 0 spiro atoms. The Kier molecular flexibility index (Phi) is 6.25. The second-order valence-corrected chi connectivity index (χ2v) is 6.45. The molecule has 0 unspecified atom stereocenters.